The van der Waals surface area contributed by atoms with Crippen LogP contribution in [0.1, 0.15) is 154 Å². The molecule has 18 heteroatoms. The predicted octanol–water partition coefficient (Wildman–Crippen LogP) is 7.03. The minimum absolute atomic E-state index is 0.0188. The highest BCUT2D eigenvalue weighted by molar-refractivity contribution is 5.69. The molecular formula is C53H80O18. The van der Waals surface area contributed by atoms with Gasteiger partial charge in [0.15, 0.2) is 43.1 Å². The second-order valence-corrected chi connectivity index (χ2v) is 22.0. The number of carbonyl (C=O) groups is 7. The van der Waals surface area contributed by atoms with Gasteiger partial charge in [-0.05, 0) is 97.7 Å². The fraction of sp³-hybridized carbons (Fsp3) is 0.830. The van der Waals surface area contributed by atoms with E-state index in [2.05, 4.69) is 40.7 Å². The number of hydrogen-bond donors (Lipinski definition) is 0. The Morgan fingerprint density at radius 1 is 0.577 bits per heavy atom. The molecule has 400 valence electrons. The summed E-state index contributed by atoms with van der Waals surface area (Å²) in [6.07, 6.45) is -1.14. The smallest absolute Gasteiger partial charge is 0.303 e. The van der Waals surface area contributed by atoms with Gasteiger partial charge in [0.25, 0.3) is 0 Å². The summed E-state index contributed by atoms with van der Waals surface area (Å²) in [4.78, 5) is 88.1. The maximum Gasteiger partial charge on any atom is 0.303 e. The molecule has 0 spiro atoms. The van der Waals surface area contributed by atoms with E-state index in [-0.39, 0.29) is 5.41 Å². The molecule has 0 N–H and O–H groups in total. The molecule has 0 radical (unpaired) electrons. The zero-order valence-electron chi connectivity index (χ0n) is 43.9. The van der Waals surface area contributed by atoms with Crippen LogP contribution in [-0.2, 0) is 85.7 Å². The lowest BCUT2D eigenvalue weighted by molar-refractivity contribution is -0.364. The molecule has 71 heavy (non-hydrogen) atoms. The Morgan fingerprint density at radius 2 is 1.08 bits per heavy atom. The first-order valence-corrected chi connectivity index (χ1v) is 25.9. The van der Waals surface area contributed by atoms with E-state index in [0.29, 0.717) is 36.0 Å². The third-order valence-electron chi connectivity index (χ3n) is 16.5. The largest absolute Gasteiger partial charge is 0.463 e. The number of ether oxygens (including phenoxy) is 11. The van der Waals surface area contributed by atoms with Crippen molar-refractivity contribution in [1.82, 2.24) is 0 Å². The van der Waals surface area contributed by atoms with Crippen LogP contribution in [0.3, 0.4) is 0 Å². The normalized spacial score (nSPS) is 37.9. The Labute approximate surface area is 418 Å². The zero-order chi connectivity index (χ0) is 52.1. The number of esters is 7. The van der Waals surface area contributed by atoms with Gasteiger partial charge in [0.1, 0.15) is 31.5 Å². The van der Waals surface area contributed by atoms with Crippen molar-refractivity contribution in [3.8, 4) is 0 Å². The molecule has 4 aliphatic carbocycles. The molecule has 18 nitrogen and oxygen atoms in total. The van der Waals surface area contributed by atoms with Gasteiger partial charge in [-0.1, -0.05) is 65.5 Å². The van der Waals surface area contributed by atoms with Crippen molar-refractivity contribution in [2.75, 3.05) is 13.2 Å². The first-order chi connectivity index (χ1) is 33.4. The summed E-state index contributed by atoms with van der Waals surface area (Å²) in [6.45, 7) is 19.0. The van der Waals surface area contributed by atoms with Gasteiger partial charge in [0.2, 0.25) is 0 Å². The summed E-state index contributed by atoms with van der Waals surface area (Å²) in [7, 11) is 0. The summed E-state index contributed by atoms with van der Waals surface area (Å²) in [5.74, 6) is -1.54. The van der Waals surface area contributed by atoms with E-state index in [9.17, 15) is 33.6 Å². The van der Waals surface area contributed by atoms with E-state index in [0.717, 1.165) is 65.2 Å². The Hall–Kier alpha value is -4.13. The Kier molecular flexibility index (Phi) is 18.8. The van der Waals surface area contributed by atoms with E-state index < -0.39 is 123 Å². The maximum atomic E-state index is 13.0. The van der Waals surface area contributed by atoms with Gasteiger partial charge < -0.3 is 52.1 Å². The average Bonchev–Trinajstić information content (AvgIpc) is 3.62. The second kappa shape index (κ2) is 23.8. The third kappa shape index (κ3) is 13.4. The first-order valence-electron chi connectivity index (χ1n) is 25.9. The Morgan fingerprint density at radius 3 is 1.62 bits per heavy atom. The van der Waals surface area contributed by atoms with Crippen LogP contribution in [-0.4, -0.2) is 123 Å². The fourth-order valence-corrected chi connectivity index (χ4v) is 13.5. The molecule has 6 aliphatic rings. The summed E-state index contributed by atoms with van der Waals surface area (Å²) < 4.78 is 65.4. The van der Waals surface area contributed by atoms with Crippen molar-refractivity contribution in [3.63, 3.8) is 0 Å². The van der Waals surface area contributed by atoms with Gasteiger partial charge in [-0.2, -0.15) is 0 Å². The topological polar surface area (TPSA) is 221 Å². The molecule has 5 fully saturated rings. The summed E-state index contributed by atoms with van der Waals surface area (Å²) >= 11 is 0. The van der Waals surface area contributed by atoms with Gasteiger partial charge in [-0.25, -0.2) is 0 Å². The molecule has 0 amide bonds. The summed E-state index contributed by atoms with van der Waals surface area (Å²) in [5, 5.41) is 0. The molecule has 18 atom stereocenters. The van der Waals surface area contributed by atoms with Gasteiger partial charge in [0.05, 0.1) is 6.10 Å². The minimum Gasteiger partial charge on any atom is -0.463 e. The van der Waals surface area contributed by atoms with Crippen LogP contribution in [0.5, 0.6) is 0 Å². The third-order valence-corrected chi connectivity index (χ3v) is 16.5. The lowest BCUT2D eigenvalue weighted by atomic mass is 9.47. The van der Waals surface area contributed by atoms with E-state index in [1.807, 2.05) is 0 Å². The van der Waals surface area contributed by atoms with Crippen molar-refractivity contribution in [1.29, 1.82) is 0 Å². The highest BCUT2D eigenvalue weighted by Crippen LogP contribution is 2.67. The monoisotopic (exact) mass is 1000 g/mol. The van der Waals surface area contributed by atoms with Crippen molar-refractivity contribution in [2.24, 2.45) is 46.3 Å². The fourth-order valence-electron chi connectivity index (χ4n) is 13.5. The molecule has 6 rings (SSSR count). The number of allylic oxidation sites excluding steroid dienone is 1. The van der Waals surface area contributed by atoms with Crippen molar-refractivity contribution >= 4 is 41.8 Å². The molecule has 0 aromatic rings. The first kappa shape index (κ1) is 56.2. The summed E-state index contributed by atoms with van der Waals surface area (Å²) in [5.41, 5.74) is 1.67. The predicted molar refractivity (Wildman–Crippen MR) is 251 cm³/mol. The minimum atomic E-state index is -1.78. The Bertz CT molecular complexity index is 1970. The number of rotatable bonds is 18. The van der Waals surface area contributed by atoms with Gasteiger partial charge in [-0.15, -0.1) is 0 Å². The quantitative estimate of drug-likeness (QED) is 0.0764. The van der Waals surface area contributed by atoms with Crippen LogP contribution >= 0.6 is 0 Å². The van der Waals surface area contributed by atoms with E-state index in [4.69, 9.17) is 52.1 Å². The lowest BCUT2D eigenvalue weighted by Crippen LogP contribution is -2.67. The lowest BCUT2D eigenvalue weighted by Gasteiger charge is -2.58. The SMILES string of the molecule is CC(=O)OC[C@H]1O[C@@H](O[C@H]2[C@H](OC(C)=O)[C@@H](OC(C)=O)[C@H](O[C@H]3CC[C@@]4(C)C(=CC[C@H]5[C@@H]6CC[C@H]([C@H](C)CCCC(C)C)[C@@]6(C)CC[C@@H]54)C3)O[C@@H]2COC(C)=O)[C@H](OC(C)=O)[C@@H](OC(C)=O)[C@H]1OC(C)=O. The van der Waals surface area contributed by atoms with Gasteiger partial charge >= 0.3 is 41.8 Å². The molecular weight excluding hydrogens is 925 g/mol. The molecule has 2 saturated heterocycles. The zero-order valence-corrected chi connectivity index (χ0v) is 43.9. The number of fused-ring (bicyclic) bond motifs is 5. The molecule has 2 heterocycles. The van der Waals surface area contributed by atoms with Crippen LogP contribution < -0.4 is 0 Å². The standard InChI is InChI=1S/C53H80O18/c1-27(2)14-13-15-28(3)39-18-19-40-38-17-16-36-24-37(20-22-52(36,11)41(38)21-23-53(39,40)12)68-50-48(66-34(9)59)47(65-33(8)58)45(43(69-50)26-62-30(5)55)71-51-49(67-35(10)60)46(64-32(7)57)44(63-31(6)56)42(70-51)25-61-29(4)54/h16,27-28,37-51H,13-15,17-26H2,1-12H3/t28-,37+,38+,39-,40+,41+,42-,43-,44+,45-,46+,47+,48-,49-,50-,51+,52+,53-/m1/s1. The van der Waals surface area contributed by atoms with Crippen molar-refractivity contribution in [2.45, 2.75) is 221 Å². The van der Waals surface area contributed by atoms with Crippen LogP contribution in [0.4, 0.5) is 0 Å². The van der Waals surface area contributed by atoms with Crippen LogP contribution in [0, 0.1) is 46.3 Å². The highest BCUT2D eigenvalue weighted by atomic mass is 16.8. The Balaban J connectivity index is 1.28. The molecule has 2 aliphatic heterocycles. The molecule has 0 aromatic heterocycles. The van der Waals surface area contributed by atoms with Crippen molar-refractivity contribution < 1.29 is 85.7 Å². The number of hydrogen-bond acceptors (Lipinski definition) is 18. The number of carbonyl (C=O) groups excluding carboxylic acids is 7. The second-order valence-electron chi connectivity index (χ2n) is 22.0. The maximum absolute atomic E-state index is 13.0. The summed E-state index contributed by atoms with van der Waals surface area (Å²) in [6, 6.07) is 0. The van der Waals surface area contributed by atoms with Crippen LogP contribution in [0.15, 0.2) is 11.6 Å². The molecule has 0 unspecified atom stereocenters. The molecule has 0 bridgehead atoms. The van der Waals surface area contributed by atoms with Gasteiger partial charge in [-0.3, -0.25) is 33.6 Å². The van der Waals surface area contributed by atoms with Crippen LogP contribution in [0.25, 0.3) is 0 Å². The van der Waals surface area contributed by atoms with E-state index >= 15 is 0 Å². The van der Waals surface area contributed by atoms with Gasteiger partial charge in [0, 0.05) is 48.5 Å². The van der Waals surface area contributed by atoms with E-state index in [1.54, 1.807) is 0 Å². The molecule has 3 saturated carbocycles. The van der Waals surface area contributed by atoms with Crippen LogP contribution in [0.2, 0.25) is 0 Å². The molecule has 0 aromatic carbocycles. The highest BCUT2D eigenvalue weighted by Gasteiger charge is 2.61. The van der Waals surface area contributed by atoms with E-state index in [1.165, 1.54) is 64.4 Å². The van der Waals surface area contributed by atoms with Crippen molar-refractivity contribution in [3.05, 3.63) is 11.6 Å². The average molecular weight is 1010 g/mol.